The van der Waals surface area contributed by atoms with Gasteiger partial charge in [-0.3, -0.25) is 0 Å². The highest BCUT2D eigenvalue weighted by Crippen LogP contribution is 2.06. The number of carboxylic acids is 1. The highest BCUT2D eigenvalue weighted by Gasteiger charge is 2.04. The molecule has 0 spiro atoms. The largest absolute Gasteiger partial charge is 0.477 e. The Morgan fingerprint density at radius 2 is 2.27 bits per heavy atom. The lowest BCUT2D eigenvalue weighted by Gasteiger charge is -1.97. The smallest absolute Gasteiger partial charge is 0.354 e. The van der Waals surface area contributed by atoms with Gasteiger partial charge in [0, 0.05) is 11.4 Å². The van der Waals surface area contributed by atoms with Crippen molar-refractivity contribution in [2.75, 3.05) is 5.73 Å². The molecular formula is C7H8N2O2. The van der Waals surface area contributed by atoms with E-state index in [9.17, 15) is 4.79 Å². The van der Waals surface area contributed by atoms with Gasteiger partial charge in [0.15, 0.2) is 5.69 Å². The van der Waals surface area contributed by atoms with Crippen molar-refractivity contribution in [2.45, 2.75) is 6.92 Å². The molecule has 4 heteroatoms. The van der Waals surface area contributed by atoms with Crippen molar-refractivity contribution in [2.24, 2.45) is 0 Å². The minimum atomic E-state index is -1.06. The minimum Gasteiger partial charge on any atom is -0.477 e. The first-order chi connectivity index (χ1) is 5.09. The van der Waals surface area contributed by atoms with E-state index in [4.69, 9.17) is 10.8 Å². The van der Waals surface area contributed by atoms with Gasteiger partial charge in [0.2, 0.25) is 0 Å². The Kier molecular flexibility index (Phi) is 1.76. The first kappa shape index (κ1) is 7.53. The number of aromatic carboxylic acids is 1. The van der Waals surface area contributed by atoms with Crippen LogP contribution in [0.2, 0.25) is 0 Å². The Bertz CT molecular complexity index is 276. The predicted octanol–water partition coefficient (Wildman–Crippen LogP) is 0.670. The molecule has 0 aromatic carbocycles. The van der Waals surface area contributed by atoms with Gasteiger partial charge in [0.25, 0.3) is 0 Å². The maximum absolute atomic E-state index is 10.4. The van der Waals surface area contributed by atoms with Gasteiger partial charge < -0.3 is 10.8 Å². The second-order valence-electron chi connectivity index (χ2n) is 2.23. The fourth-order valence-electron chi connectivity index (χ4n) is 0.805. The van der Waals surface area contributed by atoms with Crippen molar-refractivity contribution >= 4 is 11.7 Å². The summed E-state index contributed by atoms with van der Waals surface area (Å²) in [7, 11) is 0. The van der Waals surface area contributed by atoms with E-state index in [0.717, 1.165) is 0 Å². The number of nitrogen functional groups attached to an aromatic ring is 1. The molecule has 58 valence electrons. The van der Waals surface area contributed by atoms with E-state index in [1.165, 1.54) is 6.07 Å². The lowest BCUT2D eigenvalue weighted by atomic mass is 10.3. The molecule has 3 N–H and O–H groups in total. The lowest BCUT2D eigenvalue weighted by Crippen LogP contribution is -2.02. The van der Waals surface area contributed by atoms with Crippen LogP contribution in [0.25, 0.3) is 0 Å². The van der Waals surface area contributed by atoms with Gasteiger partial charge in [-0.05, 0) is 19.1 Å². The van der Waals surface area contributed by atoms with E-state index >= 15 is 0 Å². The molecule has 0 aliphatic rings. The van der Waals surface area contributed by atoms with Crippen molar-refractivity contribution in [3.05, 3.63) is 23.5 Å². The van der Waals surface area contributed by atoms with Crippen LogP contribution in [0.1, 0.15) is 16.2 Å². The average Bonchev–Trinajstić information content (AvgIpc) is 1.85. The summed E-state index contributed by atoms with van der Waals surface area (Å²) in [5.74, 6) is -1.06. The zero-order valence-electron chi connectivity index (χ0n) is 6.03. The third-order valence-corrected chi connectivity index (χ3v) is 1.19. The van der Waals surface area contributed by atoms with Crippen LogP contribution in [0, 0.1) is 6.92 Å². The third-order valence-electron chi connectivity index (χ3n) is 1.19. The number of carbonyl (C=O) groups is 1. The summed E-state index contributed by atoms with van der Waals surface area (Å²) in [5, 5.41) is 8.52. The van der Waals surface area contributed by atoms with Gasteiger partial charge in [0.1, 0.15) is 0 Å². The normalized spacial score (nSPS) is 9.55. The summed E-state index contributed by atoms with van der Waals surface area (Å²) in [4.78, 5) is 14.1. The number of anilines is 1. The number of carboxylic acid groups (broad SMARTS) is 1. The molecule has 11 heavy (non-hydrogen) atoms. The number of aryl methyl sites for hydroxylation is 1. The third kappa shape index (κ3) is 1.67. The van der Waals surface area contributed by atoms with Gasteiger partial charge >= 0.3 is 5.97 Å². The van der Waals surface area contributed by atoms with Crippen LogP contribution in [0.4, 0.5) is 5.69 Å². The molecule has 0 aliphatic carbocycles. The molecule has 0 unspecified atom stereocenters. The molecule has 4 nitrogen and oxygen atoms in total. The van der Waals surface area contributed by atoms with Gasteiger partial charge in [0.05, 0.1) is 0 Å². The summed E-state index contributed by atoms with van der Waals surface area (Å²) in [5.41, 5.74) is 6.42. The number of nitrogens with zero attached hydrogens (tertiary/aromatic N) is 1. The summed E-state index contributed by atoms with van der Waals surface area (Å²) in [6.45, 7) is 1.70. The van der Waals surface area contributed by atoms with E-state index in [0.29, 0.717) is 11.4 Å². The summed E-state index contributed by atoms with van der Waals surface area (Å²) < 4.78 is 0. The van der Waals surface area contributed by atoms with Crippen molar-refractivity contribution in [1.29, 1.82) is 0 Å². The molecule has 1 aromatic heterocycles. The predicted molar refractivity (Wildman–Crippen MR) is 40.3 cm³/mol. The van der Waals surface area contributed by atoms with Crippen LogP contribution in [-0.4, -0.2) is 16.1 Å². The van der Waals surface area contributed by atoms with E-state index in [1.807, 2.05) is 0 Å². The SMILES string of the molecule is Cc1cc(N)cc(C(=O)O)n1. The maximum Gasteiger partial charge on any atom is 0.354 e. The zero-order chi connectivity index (χ0) is 8.43. The molecular weight excluding hydrogens is 144 g/mol. The molecule has 0 radical (unpaired) electrons. The number of rotatable bonds is 1. The quantitative estimate of drug-likeness (QED) is 0.620. The number of hydrogen-bond acceptors (Lipinski definition) is 3. The molecule has 0 aliphatic heterocycles. The molecule has 0 atom stereocenters. The van der Waals surface area contributed by atoms with E-state index < -0.39 is 5.97 Å². The van der Waals surface area contributed by atoms with Crippen LogP contribution >= 0.6 is 0 Å². The first-order valence-corrected chi connectivity index (χ1v) is 3.07. The topological polar surface area (TPSA) is 76.2 Å². The summed E-state index contributed by atoms with van der Waals surface area (Å²) in [6.07, 6.45) is 0. The summed E-state index contributed by atoms with van der Waals surface area (Å²) in [6, 6.07) is 2.95. The maximum atomic E-state index is 10.4. The highest BCUT2D eigenvalue weighted by atomic mass is 16.4. The Balaban J connectivity index is 3.19. The minimum absolute atomic E-state index is 0.0116. The molecule has 0 saturated heterocycles. The number of nitrogens with two attached hydrogens (primary N) is 1. The van der Waals surface area contributed by atoms with Crippen molar-refractivity contribution in [1.82, 2.24) is 4.98 Å². The van der Waals surface area contributed by atoms with E-state index in [1.54, 1.807) is 13.0 Å². The monoisotopic (exact) mass is 152 g/mol. The van der Waals surface area contributed by atoms with Crippen LogP contribution < -0.4 is 5.73 Å². The fraction of sp³-hybridized carbons (Fsp3) is 0.143. The fourth-order valence-corrected chi connectivity index (χ4v) is 0.805. The molecule has 1 rings (SSSR count). The Morgan fingerprint density at radius 3 is 2.73 bits per heavy atom. The average molecular weight is 152 g/mol. The van der Waals surface area contributed by atoms with Crippen LogP contribution in [0.15, 0.2) is 12.1 Å². The molecule has 0 saturated carbocycles. The Hall–Kier alpha value is -1.58. The Labute approximate surface area is 63.7 Å². The van der Waals surface area contributed by atoms with Crippen molar-refractivity contribution < 1.29 is 9.90 Å². The summed E-state index contributed by atoms with van der Waals surface area (Å²) >= 11 is 0. The highest BCUT2D eigenvalue weighted by molar-refractivity contribution is 5.86. The van der Waals surface area contributed by atoms with Gasteiger partial charge in [-0.2, -0.15) is 0 Å². The standard InChI is InChI=1S/C7H8N2O2/c1-4-2-5(8)3-6(9-4)7(10)11/h2-3H,1H3,(H2,8,9)(H,10,11). The molecule has 1 heterocycles. The molecule has 0 amide bonds. The van der Waals surface area contributed by atoms with Crippen LogP contribution in [-0.2, 0) is 0 Å². The molecule has 0 bridgehead atoms. The van der Waals surface area contributed by atoms with E-state index in [2.05, 4.69) is 4.98 Å². The second-order valence-corrected chi connectivity index (χ2v) is 2.23. The van der Waals surface area contributed by atoms with Crippen molar-refractivity contribution in [3.8, 4) is 0 Å². The number of pyridine rings is 1. The molecule has 1 aromatic rings. The van der Waals surface area contributed by atoms with Crippen molar-refractivity contribution in [3.63, 3.8) is 0 Å². The van der Waals surface area contributed by atoms with Gasteiger partial charge in [-0.15, -0.1) is 0 Å². The van der Waals surface area contributed by atoms with Crippen LogP contribution in [0.5, 0.6) is 0 Å². The Morgan fingerprint density at radius 1 is 1.64 bits per heavy atom. The van der Waals surface area contributed by atoms with Gasteiger partial charge in [-0.1, -0.05) is 0 Å². The van der Waals surface area contributed by atoms with Gasteiger partial charge in [-0.25, -0.2) is 9.78 Å². The number of aromatic nitrogens is 1. The lowest BCUT2D eigenvalue weighted by molar-refractivity contribution is 0.0690. The molecule has 0 fully saturated rings. The first-order valence-electron chi connectivity index (χ1n) is 3.07. The number of hydrogen-bond donors (Lipinski definition) is 2. The van der Waals surface area contributed by atoms with Crippen LogP contribution in [0.3, 0.4) is 0 Å². The van der Waals surface area contributed by atoms with E-state index in [-0.39, 0.29) is 5.69 Å². The second kappa shape index (κ2) is 2.57. The zero-order valence-corrected chi connectivity index (χ0v) is 6.03.